The first-order chi connectivity index (χ1) is 11.5. The molecule has 0 aromatic heterocycles. The Hall–Kier alpha value is -2.41. The van der Waals surface area contributed by atoms with Crippen molar-refractivity contribution >= 4 is 29.1 Å². The standard InChI is InChI=1S/C17H22N4O3/c1-19(2)17(24)14-8-5-9-20(14)11-16(23)21-10-15(22)18-12-6-3-4-7-13(12)21/h3-4,6-7,14H,5,8-11H2,1-2H3,(H,18,22). The van der Waals surface area contributed by atoms with Gasteiger partial charge in [-0.3, -0.25) is 24.2 Å². The van der Waals surface area contributed by atoms with Crippen molar-refractivity contribution in [2.75, 3.05) is 43.9 Å². The van der Waals surface area contributed by atoms with Crippen molar-refractivity contribution in [1.82, 2.24) is 9.80 Å². The molecule has 0 aliphatic carbocycles. The normalized spacial score (nSPS) is 20.5. The number of likely N-dealkylation sites (tertiary alicyclic amines) is 1. The first-order valence-corrected chi connectivity index (χ1v) is 8.12. The number of carbonyl (C=O) groups excluding carboxylic acids is 3. The van der Waals surface area contributed by atoms with Gasteiger partial charge in [-0.15, -0.1) is 0 Å². The van der Waals surface area contributed by atoms with Gasteiger partial charge < -0.3 is 10.2 Å². The van der Waals surface area contributed by atoms with E-state index in [1.807, 2.05) is 23.1 Å². The molecule has 1 N–H and O–H groups in total. The van der Waals surface area contributed by atoms with E-state index < -0.39 is 0 Å². The molecule has 1 aromatic carbocycles. The molecule has 2 aliphatic rings. The second kappa shape index (κ2) is 6.60. The summed E-state index contributed by atoms with van der Waals surface area (Å²) in [6.45, 7) is 0.875. The van der Waals surface area contributed by atoms with Crippen molar-refractivity contribution in [2.45, 2.75) is 18.9 Å². The summed E-state index contributed by atoms with van der Waals surface area (Å²) < 4.78 is 0. The molecule has 1 atom stereocenters. The summed E-state index contributed by atoms with van der Waals surface area (Å²) in [7, 11) is 3.46. The Balaban J connectivity index is 1.75. The summed E-state index contributed by atoms with van der Waals surface area (Å²) >= 11 is 0. The van der Waals surface area contributed by atoms with Crippen LogP contribution >= 0.6 is 0 Å². The van der Waals surface area contributed by atoms with Gasteiger partial charge in [-0.25, -0.2) is 0 Å². The van der Waals surface area contributed by atoms with Crippen molar-refractivity contribution in [3.8, 4) is 0 Å². The third-order valence-electron chi connectivity index (χ3n) is 4.50. The molecule has 1 saturated heterocycles. The number of nitrogens with zero attached hydrogens (tertiary/aromatic N) is 3. The molecule has 2 aliphatic heterocycles. The molecular weight excluding hydrogens is 308 g/mol. The molecule has 7 heteroatoms. The van der Waals surface area contributed by atoms with E-state index in [1.165, 1.54) is 4.90 Å². The van der Waals surface area contributed by atoms with E-state index in [-0.39, 0.29) is 36.9 Å². The highest BCUT2D eigenvalue weighted by Gasteiger charge is 2.35. The van der Waals surface area contributed by atoms with Gasteiger partial charge in [0.05, 0.1) is 24.0 Å². The predicted molar refractivity (Wildman–Crippen MR) is 90.7 cm³/mol. The van der Waals surface area contributed by atoms with Crippen LogP contribution in [0.2, 0.25) is 0 Å². The second-order valence-electron chi connectivity index (χ2n) is 6.41. The number of fused-ring (bicyclic) bond motifs is 1. The van der Waals surface area contributed by atoms with Crippen LogP contribution in [-0.4, -0.2) is 67.3 Å². The molecule has 24 heavy (non-hydrogen) atoms. The van der Waals surface area contributed by atoms with Crippen molar-refractivity contribution in [3.05, 3.63) is 24.3 Å². The second-order valence-corrected chi connectivity index (χ2v) is 6.41. The molecule has 3 amide bonds. The maximum atomic E-state index is 12.8. The number of nitrogens with one attached hydrogen (secondary N) is 1. The number of amides is 3. The number of hydrogen-bond acceptors (Lipinski definition) is 4. The average molecular weight is 330 g/mol. The Morgan fingerprint density at radius 2 is 2.04 bits per heavy atom. The summed E-state index contributed by atoms with van der Waals surface area (Å²) in [5.41, 5.74) is 1.35. The third-order valence-corrected chi connectivity index (χ3v) is 4.50. The number of likely N-dealkylation sites (N-methyl/N-ethyl adjacent to an activating group) is 1. The van der Waals surface area contributed by atoms with Crippen LogP contribution in [0.1, 0.15) is 12.8 Å². The average Bonchev–Trinajstić information content (AvgIpc) is 3.01. The summed E-state index contributed by atoms with van der Waals surface area (Å²) in [6.07, 6.45) is 1.66. The van der Waals surface area contributed by atoms with Gasteiger partial charge in [0.1, 0.15) is 6.54 Å². The summed E-state index contributed by atoms with van der Waals surface area (Å²) in [5, 5.41) is 2.77. The Bertz CT molecular complexity index is 674. The van der Waals surface area contributed by atoms with Crippen LogP contribution in [0.5, 0.6) is 0 Å². The van der Waals surface area contributed by atoms with E-state index in [4.69, 9.17) is 0 Å². The molecule has 0 spiro atoms. The van der Waals surface area contributed by atoms with Crippen LogP contribution in [0.3, 0.4) is 0 Å². The number of carbonyl (C=O) groups is 3. The summed E-state index contributed by atoms with van der Waals surface area (Å²) in [6, 6.07) is 7.00. The largest absolute Gasteiger partial charge is 0.347 e. The zero-order valence-electron chi connectivity index (χ0n) is 14.0. The number of anilines is 2. The molecular formula is C17H22N4O3. The fourth-order valence-electron chi connectivity index (χ4n) is 3.31. The monoisotopic (exact) mass is 330 g/mol. The van der Waals surface area contributed by atoms with Crippen molar-refractivity contribution in [2.24, 2.45) is 0 Å². The lowest BCUT2D eigenvalue weighted by Gasteiger charge is -2.32. The number of hydrogen-bond donors (Lipinski definition) is 1. The van der Waals surface area contributed by atoms with Crippen LogP contribution in [0.15, 0.2) is 24.3 Å². The Kier molecular flexibility index (Phi) is 4.53. The fraction of sp³-hybridized carbons (Fsp3) is 0.471. The Morgan fingerprint density at radius 1 is 1.29 bits per heavy atom. The van der Waals surface area contributed by atoms with Crippen LogP contribution in [0, 0.1) is 0 Å². The number of benzene rings is 1. The van der Waals surface area contributed by atoms with Crippen LogP contribution in [0.25, 0.3) is 0 Å². The molecule has 128 valence electrons. The van der Waals surface area contributed by atoms with E-state index in [0.29, 0.717) is 11.4 Å². The van der Waals surface area contributed by atoms with Crippen molar-refractivity contribution in [1.29, 1.82) is 0 Å². The number of para-hydroxylation sites is 2. The third kappa shape index (κ3) is 3.12. The van der Waals surface area contributed by atoms with Gasteiger partial charge >= 0.3 is 0 Å². The van der Waals surface area contributed by atoms with E-state index in [1.54, 1.807) is 25.1 Å². The van der Waals surface area contributed by atoms with Crippen LogP contribution in [0.4, 0.5) is 11.4 Å². The SMILES string of the molecule is CN(C)C(=O)C1CCCN1CC(=O)N1CC(=O)Nc2ccccc21. The minimum Gasteiger partial charge on any atom is -0.347 e. The lowest BCUT2D eigenvalue weighted by Crippen LogP contribution is -2.50. The van der Waals surface area contributed by atoms with E-state index in [2.05, 4.69) is 5.32 Å². The van der Waals surface area contributed by atoms with Gasteiger partial charge in [0.15, 0.2) is 0 Å². The van der Waals surface area contributed by atoms with Gasteiger partial charge in [0.2, 0.25) is 17.7 Å². The van der Waals surface area contributed by atoms with Gasteiger partial charge in [0.25, 0.3) is 0 Å². The summed E-state index contributed by atoms with van der Waals surface area (Å²) in [4.78, 5) is 41.9. The molecule has 1 unspecified atom stereocenters. The number of rotatable bonds is 3. The molecule has 0 radical (unpaired) electrons. The van der Waals surface area contributed by atoms with Crippen molar-refractivity contribution in [3.63, 3.8) is 0 Å². The molecule has 1 aromatic rings. The highest BCUT2D eigenvalue weighted by atomic mass is 16.2. The maximum Gasteiger partial charge on any atom is 0.244 e. The topological polar surface area (TPSA) is 73.0 Å². The molecule has 0 bridgehead atoms. The maximum absolute atomic E-state index is 12.8. The molecule has 7 nitrogen and oxygen atoms in total. The van der Waals surface area contributed by atoms with Gasteiger partial charge in [-0.1, -0.05) is 12.1 Å². The molecule has 0 saturated carbocycles. The minimum atomic E-state index is -0.252. The zero-order valence-corrected chi connectivity index (χ0v) is 14.0. The van der Waals surface area contributed by atoms with E-state index in [9.17, 15) is 14.4 Å². The first-order valence-electron chi connectivity index (χ1n) is 8.12. The highest BCUT2D eigenvalue weighted by molar-refractivity contribution is 6.10. The van der Waals surface area contributed by atoms with E-state index >= 15 is 0 Å². The quantitative estimate of drug-likeness (QED) is 0.877. The van der Waals surface area contributed by atoms with Gasteiger partial charge in [-0.2, -0.15) is 0 Å². The Morgan fingerprint density at radius 3 is 2.79 bits per heavy atom. The lowest BCUT2D eigenvalue weighted by atomic mass is 10.1. The van der Waals surface area contributed by atoms with Crippen molar-refractivity contribution < 1.29 is 14.4 Å². The lowest BCUT2D eigenvalue weighted by molar-refractivity contribution is -0.134. The smallest absolute Gasteiger partial charge is 0.244 e. The van der Waals surface area contributed by atoms with Crippen LogP contribution < -0.4 is 10.2 Å². The summed E-state index contributed by atoms with van der Waals surface area (Å²) in [5.74, 6) is -0.336. The van der Waals surface area contributed by atoms with Crippen LogP contribution in [-0.2, 0) is 14.4 Å². The van der Waals surface area contributed by atoms with Gasteiger partial charge in [-0.05, 0) is 31.5 Å². The first kappa shape index (κ1) is 16.4. The minimum absolute atomic E-state index is 0.00990. The molecule has 1 fully saturated rings. The predicted octanol–water partition coefficient (Wildman–Crippen LogP) is 0.524. The highest BCUT2D eigenvalue weighted by Crippen LogP contribution is 2.29. The fourth-order valence-corrected chi connectivity index (χ4v) is 3.31. The molecule has 2 heterocycles. The van der Waals surface area contributed by atoms with Gasteiger partial charge in [0, 0.05) is 14.1 Å². The molecule has 3 rings (SSSR count). The van der Waals surface area contributed by atoms with E-state index in [0.717, 1.165) is 19.4 Å². The Labute approximate surface area is 141 Å². The zero-order chi connectivity index (χ0) is 17.3.